The Morgan fingerprint density at radius 2 is 1.00 bits per heavy atom. The maximum absolute atomic E-state index is 9.55. The van der Waals surface area contributed by atoms with Crippen LogP contribution in [0, 0.1) is 35.0 Å². The summed E-state index contributed by atoms with van der Waals surface area (Å²) >= 11 is 1.82. The summed E-state index contributed by atoms with van der Waals surface area (Å²) in [5, 5.41) is 11.9. The van der Waals surface area contributed by atoms with Crippen LogP contribution in [0.5, 0.6) is 0 Å². The van der Waals surface area contributed by atoms with Crippen LogP contribution in [-0.4, -0.2) is 15.0 Å². The van der Waals surface area contributed by atoms with E-state index >= 15 is 0 Å². The number of nitrogens with zero attached hydrogens (tertiary/aromatic N) is 4. The lowest BCUT2D eigenvalue weighted by molar-refractivity contribution is -0.0399. The summed E-state index contributed by atoms with van der Waals surface area (Å²) in [6.45, 7) is 0. The van der Waals surface area contributed by atoms with Crippen molar-refractivity contribution < 1.29 is 0 Å². The predicted octanol–water partition coefficient (Wildman–Crippen LogP) is 14.2. The van der Waals surface area contributed by atoms with Crippen LogP contribution < -0.4 is 0 Å². The lowest BCUT2D eigenvalue weighted by Gasteiger charge is -2.61. The van der Waals surface area contributed by atoms with Crippen molar-refractivity contribution in [1.29, 1.82) is 5.26 Å². The second-order valence-corrected chi connectivity index (χ2v) is 19.0. The fourth-order valence-corrected chi connectivity index (χ4v) is 13.5. The summed E-state index contributed by atoms with van der Waals surface area (Å²) in [6, 6.07) is 59.3. The van der Waals surface area contributed by atoms with Crippen LogP contribution in [0.4, 0.5) is 0 Å². The molecule has 5 heteroatoms. The molecule has 14 rings (SSSR count). The van der Waals surface area contributed by atoms with Crippen LogP contribution in [0.2, 0.25) is 0 Å². The highest BCUT2D eigenvalue weighted by Gasteiger charge is 2.61. The molecule has 0 saturated heterocycles. The Kier molecular flexibility index (Phi) is 7.69. The molecule has 4 fully saturated rings. The minimum absolute atomic E-state index is 0.0625. The Bertz CT molecular complexity index is 3180. The van der Waals surface area contributed by atoms with E-state index in [0.717, 1.165) is 28.5 Å². The molecule has 4 bridgehead atoms. The van der Waals surface area contributed by atoms with Gasteiger partial charge in [0.25, 0.3) is 0 Å². The van der Waals surface area contributed by atoms with Gasteiger partial charge in [-0.05, 0) is 137 Å². The fourth-order valence-electron chi connectivity index (χ4n) is 12.3. The van der Waals surface area contributed by atoms with Crippen LogP contribution in [-0.2, 0) is 5.41 Å². The van der Waals surface area contributed by atoms with Crippen molar-refractivity contribution in [3.8, 4) is 73.6 Å². The Labute approximate surface area is 359 Å². The molecule has 0 aliphatic heterocycles. The summed E-state index contributed by atoms with van der Waals surface area (Å²) in [6.07, 6.45) is 6.84. The van der Waals surface area contributed by atoms with Crippen LogP contribution in [0.3, 0.4) is 0 Å². The molecular formula is C56H40N4S. The Balaban J connectivity index is 0.903. The normalized spacial score (nSPS) is 21.8. The molecule has 5 aliphatic carbocycles. The number of hydrogen-bond acceptors (Lipinski definition) is 5. The third-order valence-corrected chi connectivity index (χ3v) is 15.9. The van der Waals surface area contributed by atoms with E-state index in [1.54, 1.807) is 11.1 Å². The maximum Gasteiger partial charge on any atom is 0.164 e. The van der Waals surface area contributed by atoms with E-state index in [0.29, 0.717) is 34.9 Å². The van der Waals surface area contributed by atoms with Gasteiger partial charge in [0.15, 0.2) is 17.5 Å². The lowest BCUT2D eigenvalue weighted by Crippen LogP contribution is -2.55. The molecule has 2 heterocycles. The van der Waals surface area contributed by atoms with Gasteiger partial charge in [0.05, 0.1) is 11.6 Å². The highest BCUT2D eigenvalue weighted by atomic mass is 32.1. The van der Waals surface area contributed by atoms with Gasteiger partial charge < -0.3 is 0 Å². The molecule has 0 radical (unpaired) electrons. The SMILES string of the molecule is N#Cc1ccc2sc3cc(-c4ccc5c(c4)-c4ccc(-c6ccc(-c7nc(-c8ccccc8)nc(-c8ccccc8)n7)cc6)cc4C54C5CC6CC(C5)CC4C6)ccc3c2c1. The smallest absolute Gasteiger partial charge is 0.164 e. The first-order valence-corrected chi connectivity index (χ1v) is 22.5. The van der Waals surface area contributed by atoms with E-state index in [1.165, 1.54) is 85.7 Å². The number of hydrogen-bond donors (Lipinski definition) is 0. The molecule has 1 spiro atoms. The molecular weight excluding hydrogens is 761 g/mol. The molecule has 290 valence electrons. The third-order valence-electron chi connectivity index (χ3n) is 14.8. The molecule has 61 heavy (non-hydrogen) atoms. The molecule has 2 aromatic heterocycles. The van der Waals surface area contributed by atoms with Crippen molar-refractivity contribution in [2.24, 2.45) is 23.7 Å². The van der Waals surface area contributed by atoms with Gasteiger partial charge >= 0.3 is 0 Å². The molecule has 4 saturated carbocycles. The summed E-state index contributed by atoms with van der Waals surface area (Å²) in [5.41, 5.74) is 14.7. The topological polar surface area (TPSA) is 62.5 Å². The van der Waals surface area contributed by atoms with Crippen LogP contribution in [0.25, 0.3) is 87.7 Å². The van der Waals surface area contributed by atoms with Gasteiger partial charge in [-0.15, -0.1) is 11.3 Å². The molecule has 7 aromatic carbocycles. The van der Waals surface area contributed by atoms with E-state index < -0.39 is 0 Å². The summed E-state index contributed by atoms with van der Waals surface area (Å²) < 4.78 is 2.49. The number of benzene rings is 7. The Morgan fingerprint density at radius 1 is 0.443 bits per heavy atom. The Morgan fingerprint density at radius 3 is 1.66 bits per heavy atom. The van der Waals surface area contributed by atoms with Crippen LogP contribution in [0.1, 0.15) is 48.8 Å². The van der Waals surface area contributed by atoms with Crippen LogP contribution in [0.15, 0.2) is 158 Å². The zero-order valence-corrected chi connectivity index (χ0v) is 34.4. The van der Waals surface area contributed by atoms with Gasteiger partial charge in [0.1, 0.15) is 0 Å². The number of thiophene rings is 1. The lowest BCUT2D eigenvalue weighted by atomic mass is 9.43. The number of aromatic nitrogens is 3. The standard InChI is InChI=1S/C56H40N4S/c57-32-33-11-22-51-48(28-33)46-20-17-42(31-52(46)61-51)40-18-21-49-47(29-40)45-19-16-41(30-50(45)56(49)43-24-34-23-35(26-43)27-44(56)25-34)36-12-14-39(15-13-36)55-59-53(37-7-3-1-4-8-37)58-54(60-55)38-9-5-2-6-10-38/h1-22,28-31,34-35,43-44H,23-27H2. The summed E-state index contributed by atoms with van der Waals surface area (Å²) in [4.78, 5) is 14.9. The van der Waals surface area contributed by atoms with E-state index in [9.17, 15) is 5.26 Å². The number of nitriles is 1. The second-order valence-electron chi connectivity index (χ2n) is 17.9. The fraction of sp³-hybridized carbons (Fsp3) is 0.179. The Hall–Kier alpha value is -6.74. The summed E-state index contributed by atoms with van der Waals surface area (Å²) in [5.74, 6) is 5.15. The van der Waals surface area contributed by atoms with E-state index in [2.05, 4.69) is 115 Å². The number of rotatable bonds is 5. The van der Waals surface area contributed by atoms with Crippen LogP contribution >= 0.6 is 11.3 Å². The monoisotopic (exact) mass is 800 g/mol. The first-order valence-electron chi connectivity index (χ1n) is 21.7. The van der Waals surface area contributed by atoms with Crippen molar-refractivity contribution >= 4 is 31.5 Å². The van der Waals surface area contributed by atoms with Crippen molar-refractivity contribution in [2.75, 3.05) is 0 Å². The zero-order chi connectivity index (χ0) is 40.2. The first kappa shape index (κ1) is 35.1. The minimum Gasteiger partial charge on any atom is -0.208 e. The molecule has 0 amide bonds. The van der Waals surface area contributed by atoms with Crippen molar-refractivity contribution in [1.82, 2.24) is 15.0 Å². The van der Waals surface area contributed by atoms with Gasteiger partial charge in [0, 0.05) is 42.3 Å². The van der Waals surface area contributed by atoms with E-state index in [4.69, 9.17) is 15.0 Å². The maximum atomic E-state index is 9.55. The van der Waals surface area contributed by atoms with Crippen molar-refractivity contribution in [3.05, 3.63) is 174 Å². The highest BCUT2D eigenvalue weighted by molar-refractivity contribution is 7.25. The molecule has 9 aromatic rings. The second kappa shape index (κ2) is 13.4. The largest absolute Gasteiger partial charge is 0.208 e. The average Bonchev–Trinajstić information content (AvgIpc) is 3.83. The van der Waals surface area contributed by atoms with E-state index in [-0.39, 0.29) is 5.41 Å². The molecule has 5 aliphatic rings. The zero-order valence-electron chi connectivity index (χ0n) is 33.6. The first-order chi connectivity index (χ1) is 30.1. The molecule has 0 atom stereocenters. The highest BCUT2D eigenvalue weighted by Crippen LogP contribution is 2.69. The van der Waals surface area contributed by atoms with Gasteiger partial charge in [-0.25, -0.2) is 15.0 Å². The van der Waals surface area contributed by atoms with Gasteiger partial charge in [0.2, 0.25) is 0 Å². The third kappa shape index (κ3) is 5.38. The molecule has 0 unspecified atom stereocenters. The average molecular weight is 801 g/mol. The van der Waals surface area contributed by atoms with Gasteiger partial charge in [-0.2, -0.15) is 5.26 Å². The molecule has 0 N–H and O–H groups in total. The van der Waals surface area contributed by atoms with Gasteiger partial charge in [-0.3, -0.25) is 0 Å². The van der Waals surface area contributed by atoms with Crippen molar-refractivity contribution in [2.45, 2.75) is 37.5 Å². The van der Waals surface area contributed by atoms with Gasteiger partial charge in [-0.1, -0.05) is 121 Å². The van der Waals surface area contributed by atoms with E-state index in [1.807, 2.05) is 59.9 Å². The summed E-state index contributed by atoms with van der Waals surface area (Å²) in [7, 11) is 0. The quantitative estimate of drug-likeness (QED) is 0.174. The minimum atomic E-state index is 0.0625. The molecule has 4 nitrogen and oxygen atoms in total. The van der Waals surface area contributed by atoms with Crippen molar-refractivity contribution in [3.63, 3.8) is 0 Å². The predicted molar refractivity (Wildman–Crippen MR) is 248 cm³/mol. The number of fused-ring (bicyclic) bond motifs is 6.